The van der Waals surface area contributed by atoms with Crippen LogP contribution in [0.4, 0.5) is 0 Å². The number of likely N-dealkylation sites (N-methyl/N-ethyl adjacent to an activating group) is 1. The molecule has 0 bridgehead atoms. The van der Waals surface area contributed by atoms with Crippen molar-refractivity contribution in [2.75, 3.05) is 53.0 Å². The highest BCUT2D eigenvalue weighted by atomic mass is 16.5. The topological polar surface area (TPSA) is 56.2 Å². The van der Waals surface area contributed by atoms with Crippen LogP contribution >= 0.6 is 0 Å². The molecule has 0 aromatic rings. The Morgan fingerprint density at radius 2 is 1.85 bits per heavy atom. The Labute approximate surface area is 122 Å². The highest BCUT2D eigenvalue weighted by Gasteiger charge is 2.30. The lowest BCUT2D eigenvalue weighted by atomic mass is 9.84. The van der Waals surface area contributed by atoms with Gasteiger partial charge in [0.05, 0.1) is 24.9 Å². The first-order chi connectivity index (χ1) is 9.57. The molecule has 0 aromatic heterocycles. The first-order valence-electron chi connectivity index (χ1n) is 7.96. The largest absolute Gasteiger partial charge is 0.390 e. The van der Waals surface area contributed by atoms with Gasteiger partial charge in [0.2, 0.25) is 0 Å². The monoisotopic (exact) mass is 286 g/mol. The minimum absolute atomic E-state index is 0.356. The molecule has 2 aliphatic rings. The quantitative estimate of drug-likeness (QED) is 0.736. The van der Waals surface area contributed by atoms with Crippen molar-refractivity contribution in [3.05, 3.63) is 0 Å². The van der Waals surface area contributed by atoms with Crippen molar-refractivity contribution in [1.29, 1.82) is 0 Å². The molecule has 1 aliphatic carbocycles. The SMILES string of the molecule is CN(CC(O)CN1CCOCC1)CC1(O)CCCCC1. The third-order valence-electron chi connectivity index (χ3n) is 4.44. The second-order valence-corrected chi connectivity index (χ2v) is 6.55. The van der Waals surface area contributed by atoms with Crippen LogP contribution in [0.2, 0.25) is 0 Å². The van der Waals surface area contributed by atoms with Crippen molar-refractivity contribution < 1.29 is 14.9 Å². The normalized spacial score (nSPS) is 25.8. The number of rotatable bonds is 6. The first-order valence-corrected chi connectivity index (χ1v) is 7.96. The third-order valence-corrected chi connectivity index (χ3v) is 4.44. The fourth-order valence-corrected chi connectivity index (χ4v) is 3.43. The van der Waals surface area contributed by atoms with Crippen molar-refractivity contribution in [2.45, 2.75) is 43.8 Å². The summed E-state index contributed by atoms with van der Waals surface area (Å²) in [4.78, 5) is 4.33. The number of hydrogen-bond donors (Lipinski definition) is 2. The molecular formula is C15H30N2O3. The van der Waals surface area contributed by atoms with Crippen LogP contribution in [0.1, 0.15) is 32.1 Å². The Hall–Kier alpha value is -0.200. The second-order valence-electron chi connectivity index (χ2n) is 6.55. The Kier molecular flexibility index (Phi) is 6.23. The van der Waals surface area contributed by atoms with E-state index in [-0.39, 0.29) is 6.10 Å². The molecule has 0 spiro atoms. The van der Waals surface area contributed by atoms with Crippen LogP contribution < -0.4 is 0 Å². The molecule has 2 fully saturated rings. The Bertz CT molecular complexity index is 276. The minimum atomic E-state index is -0.536. The Balaban J connectivity index is 1.68. The van der Waals surface area contributed by atoms with Gasteiger partial charge in [-0.05, 0) is 19.9 Å². The van der Waals surface area contributed by atoms with Crippen LogP contribution in [0.15, 0.2) is 0 Å². The van der Waals surface area contributed by atoms with E-state index in [1.165, 1.54) is 6.42 Å². The van der Waals surface area contributed by atoms with Gasteiger partial charge in [0.1, 0.15) is 0 Å². The average Bonchev–Trinajstić information content (AvgIpc) is 2.39. The summed E-state index contributed by atoms with van der Waals surface area (Å²) in [5.41, 5.74) is -0.536. The van der Waals surface area contributed by atoms with Gasteiger partial charge in [-0.1, -0.05) is 19.3 Å². The predicted octanol–water partition coefficient (Wildman–Crippen LogP) is 0.307. The lowest BCUT2D eigenvalue weighted by molar-refractivity contribution is -0.0335. The molecule has 1 heterocycles. The van der Waals surface area contributed by atoms with Gasteiger partial charge >= 0.3 is 0 Å². The summed E-state index contributed by atoms with van der Waals surface area (Å²) >= 11 is 0. The fraction of sp³-hybridized carbons (Fsp3) is 1.00. The zero-order valence-corrected chi connectivity index (χ0v) is 12.8. The van der Waals surface area contributed by atoms with Gasteiger partial charge in [-0.25, -0.2) is 0 Å². The van der Waals surface area contributed by atoms with Crippen molar-refractivity contribution >= 4 is 0 Å². The smallest absolute Gasteiger partial charge is 0.0793 e. The van der Waals surface area contributed by atoms with Crippen LogP contribution in [0, 0.1) is 0 Å². The molecule has 1 aliphatic heterocycles. The molecule has 118 valence electrons. The van der Waals surface area contributed by atoms with E-state index in [0.717, 1.165) is 52.0 Å². The van der Waals surface area contributed by atoms with Crippen molar-refractivity contribution in [1.82, 2.24) is 9.80 Å². The second kappa shape index (κ2) is 7.71. The van der Waals surface area contributed by atoms with Crippen LogP contribution in [0.3, 0.4) is 0 Å². The number of β-amino-alcohol motifs (C(OH)–C–C–N with tert-alkyl or cyclic N) is 1. The number of ether oxygens (including phenoxy) is 1. The molecule has 1 saturated carbocycles. The first kappa shape index (κ1) is 16.2. The molecule has 1 unspecified atom stereocenters. The predicted molar refractivity (Wildman–Crippen MR) is 78.8 cm³/mol. The number of aliphatic hydroxyl groups is 2. The molecular weight excluding hydrogens is 256 g/mol. The van der Waals surface area contributed by atoms with Crippen molar-refractivity contribution in [3.8, 4) is 0 Å². The molecule has 1 saturated heterocycles. The maximum absolute atomic E-state index is 10.5. The Morgan fingerprint density at radius 1 is 1.20 bits per heavy atom. The summed E-state index contributed by atoms with van der Waals surface area (Å²) in [5, 5.41) is 20.7. The third kappa shape index (κ3) is 5.30. The van der Waals surface area contributed by atoms with Crippen molar-refractivity contribution in [2.24, 2.45) is 0 Å². The minimum Gasteiger partial charge on any atom is -0.390 e. The zero-order chi connectivity index (χ0) is 14.4. The molecule has 0 aromatic carbocycles. The molecule has 1 atom stereocenters. The van der Waals surface area contributed by atoms with E-state index in [1.54, 1.807) is 0 Å². The summed E-state index contributed by atoms with van der Waals surface area (Å²) in [6.45, 7) is 5.35. The van der Waals surface area contributed by atoms with Gasteiger partial charge in [0.15, 0.2) is 0 Å². The summed E-state index contributed by atoms with van der Waals surface area (Å²) in [6.07, 6.45) is 4.94. The molecule has 5 nitrogen and oxygen atoms in total. The van der Waals surface area contributed by atoms with E-state index < -0.39 is 5.60 Å². The highest BCUT2D eigenvalue weighted by molar-refractivity contribution is 4.85. The summed E-state index contributed by atoms with van der Waals surface area (Å²) in [6, 6.07) is 0. The van der Waals surface area contributed by atoms with E-state index in [2.05, 4.69) is 9.80 Å². The highest BCUT2D eigenvalue weighted by Crippen LogP contribution is 2.28. The van der Waals surface area contributed by atoms with Crippen LogP contribution in [-0.4, -0.2) is 84.7 Å². The van der Waals surface area contributed by atoms with E-state index in [1.807, 2.05) is 7.05 Å². The molecule has 5 heteroatoms. The maximum Gasteiger partial charge on any atom is 0.0793 e. The van der Waals surface area contributed by atoms with E-state index >= 15 is 0 Å². The van der Waals surface area contributed by atoms with Gasteiger partial charge in [-0.2, -0.15) is 0 Å². The van der Waals surface area contributed by atoms with Crippen LogP contribution in [0.5, 0.6) is 0 Å². The molecule has 0 radical (unpaired) electrons. The summed E-state index contributed by atoms with van der Waals surface area (Å²) < 4.78 is 5.31. The van der Waals surface area contributed by atoms with Crippen LogP contribution in [-0.2, 0) is 4.74 Å². The Morgan fingerprint density at radius 3 is 2.50 bits per heavy atom. The van der Waals surface area contributed by atoms with Crippen molar-refractivity contribution in [3.63, 3.8) is 0 Å². The van der Waals surface area contributed by atoms with Gasteiger partial charge in [0.25, 0.3) is 0 Å². The maximum atomic E-state index is 10.5. The molecule has 2 N–H and O–H groups in total. The van der Waals surface area contributed by atoms with Gasteiger partial charge in [0, 0.05) is 32.7 Å². The lowest BCUT2D eigenvalue weighted by Gasteiger charge is -2.36. The van der Waals surface area contributed by atoms with Crippen LogP contribution in [0.25, 0.3) is 0 Å². The van der Waals surface area contributed by atoms with E-state index in [4.69, 9.17) is 4.74 Å². The number of morpholine rings is 1. The number of hydrogen-bond acceptors (Lipinski definition) is 5. The van der Waals surface area contributed by atoms with E-state index in [9.17, 15) is 10.2 Å². The average molecular weight is 286 g/mol. The summed E-state index contributed by atoms with van der Waals surface area (Å²) in [5.74, 6) is 0. The standard InChI is InChI=1S/C15H30N2O3/c1-16(13-15(19)5-3-2-4-6-15)11-14(18)12-17-7-9-20-10-8-17/h14,18-19H,2-13H2,1H3. The van der Waals surface area contributed by atoms with Gasteiger partial charge in [-0.15, -0.1) is 0 Å². The zero-order valence-electron chi connectivity index (χ0n) is 12.8. The van der Waals surface area contributed by atoms with E-state index in [0.29, 0.717) is 19.6 Å². The number of aliphatic hydroxyl groups excluding tert-OH is 1. The number of nitrogens with zero attached hydrogens (tertiary/aromatic N) is 2. The van der Waals surface area contributed by atoms with Gasteiger partial charge in [-0.3, -0.25) is 4.90 Å². The molecule has 0 amide bonds. The lowest BCUT2D eigenvalue weighted by Crippen LogP contribution is -2.48. The molecule has 2 rings (SSSR count). The molecule has 20 heavy (non-hydrogen) atoms. The fourth-order valence-electron chi connectivity index (χ4n) is 3.43. The summed E-state index contributed by atoms with van der Waals surface area (Å²) in [7, 11) is 2.00. The van der Waals surface area contributed by atoms with Gasteiger partial charge < -0.3 is 19.8 Å².